The fraction of sp³-hybridized carbons (Fsp3) is 0.800. The quantitative estimate of drug-likeness (QED) is 0.694. The van der Waals surface area contributed by atoms with Gasteiger partial charge in [0.05, 0.1) is 13.2 Å². The van der Waals surface area contributed by atoms with Crippen molar-refractivity contribution in [1.82, 2.24) is 10.6 Å². The first-order chi connectivity index (χ1) is 7.06. The fourth-order valence-corrected chi connectivity index (χ4v) is 1.39. The summed E-state index contributed by atoms with van der Waals surface area (Å²) >= 11 is 0. The van der Waals surface area contributed by atoms with Gasteiger partial charge in [-0.1, -0.05) is 13.8 Å². The molecule has 1 saturated heterocycles. The van der Waals surface area contributed by atoms with Gasteiger partial charge in [0.15, 0.2) is 0 Å². The summed E-state index contributed by atoms with van der Waals surface area (Å²) in [6.45, 7) is 4.61. The number of amides is 1. The minimum atomic E-state index is -0.551. The zero-order chi connectivity index (χ0) is 11.4. The number of carbonyl (C=O) groups excluding carboxylic acids is 2. The molecule has 1 heterocycles. The summed E-state index contributed by atoms with van der Waals surface area (Å²) in [4.78, 5) is 22.9. The maximum Gasteiger partial charge on any atom is 0.328 e. The third kappa shape index (κ3) is 3.64. The zero-order valence-electron chi connectivity index (χ0n) is 9.78. The smallest absolute Gasteiger partial charge is 0.328 e. The molecule has 1 unspecified atom stereocenters. The van der Waals surface area contributed by atoms with Crippen LogP contribution in [-0.4, -0.2) is 37.6 Å². The monoisotopic (exact) mass is 250 g/mol. The molecular formula is C10H19ClN2O3. The Morgan fingerprint density at radius 1 is 1.44 bits per heavy atom. The topological polar surface area (TPSA) is 67.4 Å². The van der Waals surface area contributed by atoms with Crippen LogP contribution in [0.3, 0.4) is 0 Å². The SMILES string of the molecule is COC(=O)C(NC(=O)[C@H]1CCN1)C(C)C.Cl. The lowest BCUT2D eigenvalue weighted by Crippen LogP contribution is -2.57. The lowest BCUT2D eigenvalue weighted by Gasteiger charge is -2.29. The van der Waals surface area contributed by atoms with E-state index in [2.05, 4.69) is 15.4 Å². The van der Waals surface area contributed by atoms with Crippen LogP contribution in [0.15, 0.2) is 0 Å². The van der Waals surface area contributed by atoms with Crippen molar-refractivity contribution in [2.75, 3.05) is 13.7 Å². The van der Waals surface area contributed by atoms with E-state index >= 15 is 0 Å². The number of carbonyl (C=O) groups is 2. The number of rotatable bonds is 4. The third-order valence-corrected chi connectivity index (χ3v) is 2.56. The molecule has 1 fully saturated rings. The number of hydrogen-bond donors (Lipinski definition) is 2. The minimum Gasteiger partial charge on any atom is -0.467 e. The first-order valence-electron chi connectivity index (χ1n) is 5.18. The summed E-state index contributed by atoms with van der Waals surface area (Å²) in [5.41, 5.74) is 0. The molecule has 16 heavy (non-hydrogen) atoms. The summed E-state index contributed by atoms with van der Waals surface area (Å²) < 4.78 is 4.63. The second-order valence-corrected chi connectivity index (χ2v) is 4.05. The molecule has 1 aliphatic rings. The van der Waals surface area contributed by atoms with Crippen LogP contribution in [0.25, 0.3) is 0 Å². The molecule has 1 amide bonds. The van der Waals surface area contributed by atoms with Gasteiger partial charge in [0.25, 0.3) is 0 Å². The molecule has 2 N–H and O–H groups in total. The first kappa shape index (κ1) is 15.2. The molecule has 0 aromatic carbocycles. The molecule has 0 aromatic heterocycles. The van der Waals surface area contributed by atoms with Crippen molar-refractivity contribution in [3.05, 3.63) is 0 Å². The van der Waals surface area contributed by atoms with Crippen LogP contribution in [-0.2, 0) is 14.3 Å². The van der Waals surface area contributed by atoms with Crippen LogP contribution in [0.1, 0.15) is 20.3 Å². The van der Waals surface area contributed by atoms with Gasteiger partial charge in [0.1, 0.15) is 6.04 Å². The fourth-order valence-electron chi connectivity index (χ4n) is 1.39. The first-order valence-corrected chi connectivity index (χ1v) is 5.18. The molecule has 0 spiro atoms. The average Bonchev–Trinajstić information content (AvgIpc) is 2.09. The number of hydrogen-bond acceptors (Lipinski definition) is 4. The number of ether oxygens (including phenoxy) is 1. The van der Waals surface area contributed by atoms with E-state index in [1.54, 1.807) is 0 Å². The molecule has 1 aliphatic heterocycles. The van der Waals surface area contributed by atoms with Crippen molar-refractivity contribution in [2.45, 2.75) is 32.4 Å². The maximum atomic E-state index is 11.6. The normalized spacial score (nSPS) is 20.4. The van der Waals surface area contributed by atoms with E-state index in [0.717, 1.165) is 13.0 Å². The van der Waals surface area contributed by atoms with E-state index in [0.29, 0.717) is 0 Å². The Morgan fingerprint density at radius 2 is 2.00 bits per heavy atom. The lowest BCUT2D eigenvalue weighted by molar-refractivity contribution is -0.146. The van der Waals surface area contributed by atoms with Gasteiger partial charge >= 0.3 is 5.97 Å². The largest absolute Gasteiger partial charge is 0.467 e. The Hall–Kier alpha value is -0.810. The van der Waals surface area contributed by atoms with Crippen LogP contribution < -0.4 is 10.6 Å². The minimum absolute atomic E-state index is 0. The second kappa shape index (κ2) is 6.70. The molecule has 0 aromatic rings. The van der Waals surface area contributed by atoms with Gasteiger partial charge in [-0.3, -0.25) is 4.79 Å². The summed E-state index contributed by atoms with van der Waals surface area (Å²) in [7, 11) is 1.32. The summed E-state index contributed by atoms with van der Waals surface area (Å²) in [5, 5.41) is 5.68. The van der Waals surface area contributed by atoms with Gasteiger partial charge in [-0.15, -0.1) is 12.4 Å². The van der Waals surface area contributed by atoms with E-state index in [1.807, 2.05) is 13.8 Å². The lowest BCUT2D eigenvalue weighted by atomic mass is 10.0. The van der Waals surface area contributed by atoms with Crippen molar-refractivity contribution < 1.29 is 14.3 Å². The summed E-state index contributed by atoms with van der Waals surface area (Å²) in [5.74, 6) is -0.482. The second-order valence-electron chi connectivity index (χ2n) is 4.05. The van der Waals surface area contributed by atoms with Crippen LogP contribution in [0.4, 0.5) is 0 Å². The van der Waals surface area contributed by atoms with Gasteiger partial charge in [0, 0.05) is 0 Å². The van der Waals surface area contributed by atoms with Gasteiger partial charge in [-0.25, -0.2) is 4.79 Å². The molecule has 5 nitrogen and oxygen atoms in total. The Balaban J connectivity index is 0.00000225. The number of methoxy groups -OCH3 is 1. The van der Waals surface area contributed by atoms with Gasteiger partial charge in [0.2, 0.25) is 5.91 Å². The van der Waals surface area contributed by atoms with Crippen molar-refractivity contribution in [3.8, 4) is 0 Å². The number of esters is 1. The van der Waals surface area contributed by atoms with Crippen LogP contribution in [0, 0.1) is 5.92 Å². The third-order valence-electron chi connectivity index (χ3n) is 2.56. The Labute approximate surface area is 102 Å². The highest BCUT2D eigenvalue weighted by molar-refractivity contribution is 5.88. The highest BCUT2D eigenvalue weighted by Gasteiger charge is 2.30. The Kier molecular flexibility index (Phi) is 6.36. The average molecular weight is 251 g/mol. The Morgan fingerprint density at radius 3 is 2.31 bits per heavy atom. The molecule has 2 atom stereocenters. The Bertz CT molecular complexity index is 254. The van der Waals surface area contributed by atoms with Crippen LogP contribution >= 0.6 is 12.4 Å². The van der Waals surface area contributed by atoms with Gasteiger partial charge in [-0.05, 0) is 18.9 Å². The van der Waals surface area contributed by atoms with Crippen molar-refractivity contribution in [2.24, 2.45) is 5.92 Å². The van der Waals surface area contributed by atoms with E-state index in [1.165, 1.54) is 7.11 Å². The molecule has 94 valence electrons. The van der Waals surface area contributed by atoms with Gasteiger partial charge < -0.3 is 15.4 Å². The number of halogens is 1. The molecule has 0 radical (unpaired) electrons. The highest BCUT2D eigenvalue weighted by Crippen LogP contribution is 2.07. The van der Waals surface area contributed by atoms with E-state index in [-0.39, 0.29) is 30.3 Å². The molecule has 0 saturated carbocycles. The van der Waals surface area contributed by atoms with Gasteiger partial charge in [-0.2, -0.15) is 0 Å². The van der Waals surface area contributed by atoms with Crippen LogP contribution in [0.5, 0.6) is 0 Å². The molecule has 0 aliphatic carbocycles. The van der Waals surface area contributed by atoms with Crippen molar-refractivity contribution in [1.29, 1.82) is 0 Å². The summed E-state index contributed by atoms with van der Waals surface area (Å²) in [6, 6.07) is -0.694. The van der Waals surface area contributed by atoms with E-state index < -0.39 is 12.0 Å². The molecule has 0 bridgehead atoms. The van der Waals surface area contributed by atoms with Crippen molar-refractivity contribution in [3.63, 3.8) is 0 Å². The molecule has 6 heteroatoms. The predicted molar refractivity (Wildman–Crippen MR) is 62.4 cm³/mol. The number of nitrogens with one attached hydrogen (secondary N) is 2. The standard InChI is InChI=1S/C10H18N2O3.ClH/c1-6(2)8(10(14)15-3)12-9(13)7-4-5-11-7;/h6-8,11H,4-5H2,1-3H3,(H,12,13);1H/t7-,8?;/m1./s1. The predicted octanol–water partition coefficient (Wildman–Crippen LogP) is 0.0839. The summed E-state index contributed by atoms with van der Waals surface area (Å²) in [6.07, 6.45) is 0.831. The van der Waals surface area contributed by atoms with E-state index in [4.69, 9.17) is 0 Å². The highest BCUT2D eigenvalue weighted by atomic mass is 35.5. The molecule has 1 rings (SSSR count). The molecular weight excluding hydrogens is 232 g/mol. The van der Waals surface area contributed by atoms with Crippen LogP contribution in [0.2, 0.25) is 0 Å². The maximum absolute atomic E-state index is 11.6. The van der Waals surface area contributed by atoms with E-state index in [9.17, 15) is 9.59 Å². The zero-order valence-corrected chi connectivity index (χ0v) is 10.6. The van der Waals surface area contributed by atoms with Crippen molar-refractivity contribution >= 4 is 24.3 Å².